The van der Waals surface area contributed by atoms with E-state index < -0.39 is 12.0 Å². The zero-order valence-corrected chi connectivity index (χ0v) is 17.7. The minimum Gasteiger partial charge on any atom is -0.494 e. The lowest BCUT2D eigenvalue weighted by atomic mass is 9.90. The van der Waals surface area contributed by atoms with Crippen molar-refractivity contribution in [3.63, 3.8) is 0 Å². The second-order valence-electron chi connectivity index (χ2n) is 7.59. The molecule has 2 amide bonds. The Morgan fingerprint density at radius 1 is 0.931 bits per heavy atom. The van der Waals surface area contributed by atoms with Crippen LogP contribution in [0.4, 0.5) is 5.69 Å². The summed E-state index contributed by atoms with van der Waals surface area (Å²) in [5.74, 6) is 0.0895. The average molecular weight is 456 g/mol. The molecule has 7 heteroatoms. The van der Waals surface area contributed by atoms with Gasteiger partial charge in [0, 0.05) is 17.6 Å². The highest BCUT2D eigenvalue weighted by Crippen LogP contribution is 2.49. The van der Waals surface area contributed by atoms with Gasteiger partial charge in [-0.3, -0.25) is 9.59 Å². The van der Waals surface area contributed by atoms with Gasteiger partial charge in [-0.2, -0.15) is 0 Å². The molecule has 150 valence electrons. The molecule has 0 radical (unpaired) electrons. The molecule has 3 fully saturated rings. The van der Waals surface area contributed by atoms with Crippen LogP contribution in [-0.2, 0) is 9.59 Å². The van der Waals surface area contributed by atoms with Crippen LogP contribution in [-0.4, -0.2) is 47.6 Å². The smallest absolute Gasteiger partial charge is 0.253 e. The molecular weight excluding hydrogens is 434 g/mol. The second-order valence-corrected chi connectivity index (χ2v) is 8.50. The molecule has 3 aliphatic rings. The Bertz CT molecular complexity index is 947. The predicted molar refractivity (Wildman–Crippen MR) is 112 cm³/mol. The second kappa shape index (κ2) is 7.23. The molecule has 29 heavy (non-hydrogen) atoms. The van der Waals surface area contributed by atoms with Crippen molar-refractivity contribution in [1.29, 1.82) is 0 Å². The van der Waals surface area contributed by atoms with E-state index in [0.717, 1.165) is 35.3 Å². The number of hydrazine groups is 1. The molecule has 0 aromatic heterocycles. The van der Waals surface area contributed by atoms with Crippen molar-refractivity contribution in [2.75, 3.05) is 24.6 Å². The highest BCUT2D eigenvalue weighted by Gasteiger charge is 2.62. The van der Waals surface area contributed by atoms with E-state index in [-0.39, 0.29) is 17.9 Å². The van der Waals surface area contributed by atoms with Crippen LogP contribution in [0.25, 0.3) is 0 Å². The first-order valence-corrected chi connectivity index (χ1v) is 10.8. The van der Waals surface area contributed by atoms with Gasteiger partial charge in [0.1, 0.15) is 11.8 Å². The van der Waals surface area contributed by atoms with Crippen LogP contribution < -0.4 is 9.64 Å². The number of fused-ring (bicyclic) bond motifs is 3. The molecule has 3 atom stereocenters. The molecule has 6 nitrogen and oxygen atoms in total. The van der Waals surface area contributed by atoms with Crippen molar-refractivity contribution in [2.24, 2.45) is 5.92 Å². The Kier molecular flexibility index (Phi) is 4.69. The quantitative estimate of drug-likeness (QED) is 0.661. The SMILES string of the molecule is CCOc1ccc(N2C(=O)[C@H]3[C@@H](C2=O)N2CCCN2[C@@H]3c2ccc(Br)cc2)cc1. The van der Waals surface area contributed by atoms with Gasteiger partial charge in [0.05, 0.1) is 24.3 Å². The maximum atomic E-state index is 13.5. The summed E-state index contributed by atoms with van der Waals surface area (Å²) in [4.78, 5) is 28.2. The maximum absolute atomic E-state index is 13.5. The van der Waals surface area contributed by atoms with Crippen molar-refractivity contribution in [1.82, 2.24) is 10.0 Å². The van der Waals surface area contributed by atoms with Gasteiger partial charge in [-0.25, -0.2) is 14.9 Å². The summed E-state index contributed by atoms with van der Waals surface area (Å²) in [5.41, 5.74) is 1.68. The number of nitrogens with zero attached hydrogens (tertiary/aromatic N) is 3. The molecule has 2 aromatic carbocycles. The largest absolute Gasteiger partial charge is 0.494 e. The first-order chi connectivity index (χ1) is 14.1. The van der Waals surface area contributed by atoms with Gasteiger partial charge in [0.2, 0.25) is 5.91 Å². The highest BCUT2D eigenvalue weighted by molar-refractivity contribution is 9.10. The van der Waals surface area contributed by atoms with Crippen molar-refractivity contribution in [3.05, 3.63) is 58.6 Å². The molecule has 0 spiro atoms. The van der Waals surface area contributed by atoms with Crippen LogP contribution in [0.1, 0.15) is 24.9 Å². The summed E-state index contributed by atoms with van der Waals surface area (Å²) in [7, 11) is 0. The van der Waals surface area contributed by atoms with E-state index in [4.69, 9.17) is 4.74 Å². The van der Waals surface area contributed by atoms with E-state index in [1.54, 1.807) is 12.1 Å². The van der Waals surface area contributed by atoms with Gasteiger partial charge >= 0.3 is 0 Å². The topological polar surface area (TPSA) is 53.1 Å². The molecular formula is C22H22BrN3O3. The van der Waals surface area contributed by atoms with Crippen LogP contribution in [0, 0.1) is 5.92 Å². The summed E-state index contributed by atoms with van der Waals surface area (Å²) >= 11 is 3.48. The number of carbonyl (C=O) groups excluding carboxylic acids is 2. The first kappa shape index (κ1) is 18.8. The fourth-order valence-electron chi connectivity index (χ4n) is 4.89. The Labute approximate surface area is 178 Å². The lowest BCUT2D eigenvalue weighted by Crippen LogP contribution is -2.44. The van der Waals surface area contributed by atoms with Gasteiger partial charge in [-0.1, -0.05) is 28.1 Å². The number of carbonyl (C=O) groups is 2. The number of halogens is 1. The van der Waals surface area contributed by atoms with Crippen LogP contribution in [0.3, 0.4) is 0 Å². The van der Waals surface area contributed by atoms with Gasteiger partial charge in [0.15, 0.2) is 0 Å². The fourth-order valence-corrected chi connectivity index (χ4v) is 5.15. The summed E-state index contributed by atoms with van der Waals surface area (Å²) in [6.07, 6.45) is 1.00. The molecule has 0 N–H and O–H groups in total. The van der Waals surface area contributed by atoms with Crippen molar-refractivity contribution < 1.29 is 14.3 Å². The number of hydrogen-bond donors (Lipinski definition) is 0. The lowest BCUT2D eigenvalue weighted by molar-refractivity contribution is -0.126. The third-order valence-corrected chi connectivity index (χ3v) is 6.55. The van der Waals surface area contributed by atoms with Crippen LogP contribution >= 0.6 is 15.9 Å². The number of benzene rings is 2. The zero-order chi connectivity index (χ0) is 20.1. The summed E-state index contributed by atoms with van der Waals surface area (Å²) in [6.45, 7) is 4.18. The normalized spacial score (nSPS) is 26.8. The number of hydrogen-bond acceptors (Lipinski definition) is 5. The van der Waals surface area contributed by atoms with Gasteiger partial charge < -0.3 is 4.74 Å². The van der Waals surface area contributed by atoms with Gasteiger partial charge in [0.25, 0.3) is 5.91 Å². The molecule has 3 heterocycles. The molecule has 0 unspecified atom stereocenters. The fraction of sp³-hybridized carbons (Fsp3) is 0.364. The van der Waals surface area contributed by atoms with E-state index >= 15 is 0 Å². The summed E-state index contributed by atoms with van der Waals surface area (Å²) < 4.78 is 6.48. The standard InChI is InChI=1S/C22H22BrN3O3/c1-2-29-17-10-8-16(9-11-17)26-21(27)18-19(14-4-6-15(23)7-5-14)24-12-3-13-25(24)20(18)22(26)28/h4-11,18-20H,2-3,12-13H2,1H3/t18-,19-,20+/m1/s1. The van der Waals surface area contributed by atoms with Crippen molar-refractivity contribution >= 4 is 33.4 Å². The van der Waals surface area contributed by atoms with Crippen molar-refractivity contribution in [2.45, 2.75) is 25.4 Å². The van der Waals surface area contributed by atoms with Crippen LogP contribution in [0.2, 0.25) is 0 Å². The molecule has 2 aromatic rings. The Morgan fingerprint density at radius 3 is 2.24 bits per heavy atom. The lowest BCUT2D eigenvalue weighted by Gasteiger charge is -2.29. The summed E-state index contributed by atoms with van der Waals surface area (Å²) in [5, 5.41) is 4.34. The van der Waals surface area contributed by atoms with Crippen LogP contribution in [0.5, 0.6) is 5.75 Å². The van der Waals surface area contributed by atoms with E-state index in [1.165, 1.54) is 4.90 Å². The number of rotatable bonds is 4. The van der Waals surface area contributed by atoms with E-state index in [1.807, 2.05) is 43.3 Å². The van der Waals surface area contributed by atoms with E-state index in [0.29, 0.717) is 12.3 Å². The van der Waals surface area contributed by atoms with Gasteiger partial charge in [-0.15, -0.1) is 0 Å². The molecule has 0 saturated carbocycles. The first-order valence-electron chi connectivity index (χ1n) is 9.99. The Hall–Kier alpha value is -2.22. The third kappa shape index (κ3) is 2.91. The molecule has 0 bridgehead atoms. The number of amides is 2. The Balaban J connectivity index is 1.51. The number of anilines is 1. The Morgan fingerprint density at radius 2 is 1.59 bits per heavy atom. The molecule has 3 saturated heterocycles. The van der Waals surface area contributed by atoms with E-state index in [9.17, 15) is 9.59 Å². The number of ether oxygens (including phenoxy) is 1. The minimum atomic E-state index is -0.426. The van der Waals surface area contributed by atoms with Crippen LogP contribution in [0.15, 0.2) is 53.0 Å². The zero-order valence-electron chi connectivity index (χ0n) is 16.1. The monoisotopic (exact) mass is 455 g/mol. The summed E-state index contributed by atoms with van der Waals surface area (Å²) in [6, 6.07) is 14.7. The van der Waals surface area contributed by atoms with Gasteiger partial charge in [-0.05, 0) is 55.3 Å². The average Bonchev–Trinajstić information content (AvgIpc) is 3.36. The number of imide groups is 1. The molecule has 0 aliphatic carbocycles. The highest BCUT2D eigenvalue weighted by atomic mass is 79.9. The van der Waals surface area contributed by atoms with Crippen molar-refractivity contribution in [3.8, 4) is 5.75 Å². The molecule has 5 rings (SSSR count). The maximum Gasteiger partial charge on any atom is 0.253 e. The predicted octanol–water partition coefficient (Wildman–Crippen LogP) is 3.38. The third-order valence-electron chi connectivity index (χ3n) is 6.02. The minimum absolute atomic E-state index is 0.111. The molecule has 3 aliphatic heterocycles. The van der Waals surface area contributed by atoms with E-state index in [2.05, 4.69) is 25.9 Å².